The molecular formula is C17H30N2O. The van der Waals surface area contributed by atoms with Gasteiger partial charge in [0.15, 0.2) is 0 Å². The molecule has 3 heteroatoms. The molecule has 2 atom stereocenters. The van der Waals surface area contributed by atoms with Crippen LogP contribution in [0.4, 0.5) is 0 Å². The van der Waals surface area contributed by atoms with Crippen molar-refractivity contribution in [3.05, 3.63) is 29.8 Å². The third-order valence-electron chi connectivity index (χ3n) is 4.29. The number of nitrogens with two attached hydrogens (primary N) is 1. The minimum absolute atomic E-state index is 0.329. The average molecular weight is 278 g/mol. The summed E-state index contributed by atoms with van der Waals surface area (Å²) < 4.78 is 5.17. The molecular weight excluding hydrogens is 248 g/mol. The number of benzene rings is 1. The van der Waals surface area contributed by atoms with Crippen molar-refractivity contribution < 1.29 is 4.74 Å². The second-order valence-corrected chi connectivity index (χ2v) is 6.75. The van der Waals surface area contributed by atoms with Crippen LogP contribution < -0.4 is 16.0 Å². The van der Waals surface area contributed by atoms with Crippen LogP contribution in [0.1, 0.15) is 46.1 Å². The largest absolute Gasteiger partial charge is 0.497 e. The first kappa shape index (κ1) is 17.0. The van der Waals surface area contributed by atoms with Crippen molar-refractivity contribution in [3.8, 4) is 5.75 Å². The van der Waals surface area contributed by atoms with Crippen molar-refractivity contribution in [1.82, 2.24) is 5.43 Å². The molecule has 0 saturated carbocycles. The highest BCUT2D eigenvalue weighted by Gasteiger charge is 2.23. The van der Waals surface area contributed by atoms with Crippen LogP contribution in [0.25, 0.3) is 0 Å². The predicted octanol–water partition coefficient (Wildman–Crippen LogP) is 3.53. The molecule has 0 spiro atoms. The number of hydrogen-bond donors (Lipinski definition) is 2. The van der Waals surface area contributed by atoms with Gasteiger partial charge >= 0.3 is 0 Å². The summed E-state index contributed by atoms with van der Waals surface area (Å²) in [6.07, 6.45) is 3.20. The second-order valence-electron chi connectivity index (χ2n) is 6.75. The highest BCUT2D eigenvalue weighted by Crippen LogP contribution is 2.29. The molecule has 0 amide bonds. The lowest BCUT2D eigenvalue weighted by Gasteiger charge is -2.30. The minimum atomic E-state index is 0.329. The van der Waals surface area contributed by atoms with E-state index in [1.54, 1.807) is 7.11 Å². The summed E-state index contributed by atoms with van der Waals surface area (Å²) in [5.41, 5.74) is 4.63. The van der Waals surface area contributed by atoms with Gasteiger partial charge in [0.05, 0.1) is 7.11 Å². The van der Waals surface area contributed by atoms with E-state index < -0.39 is 0 Å². The second kappa shape index (κ2) is 7.65. The Morgan fingerprint density at radius 2 is 1.80 bits per heavy atom. The van der Waals surface area contributed by atoms with Crippen molar-refractivity contribution in [2.45, 2.75) is 53.0 Å². The zero-order valence-electron chi connectivity index (χ0n) is 13.6. The van der Waals surface area contributed by atoms with E-state index in [9.17, 15) is 0 Å². The summed E-state index contributed by atoms with van der Waals surface area (Å²) in [7, 11) is 1.69. The van der Waals surface area contributed by atoms with E-state index in [0.29, 0.717) is 17.4 Å². The fourth-order valence-corrected chi connectivity index (χ4v) is 2.18. The molecule has 0 aliphatic heterocycles. The van der Waals surface area contributed by atoms with Crippen LogP contribution in [0, 0.1) is 11.3 Å². The van der Waals surface area contributed by atoms with Crippen molar-refractivity contribution >= 4 is 0 Å². The van der Waals surface area contributed by atoms with Crippen LogP contribution in [-0.2, 0) is 6.42 Å². The Morgan fingerprint density at radius 3 is 2.25 bits per heavy atom. The van der Waals surface area contributed by atoms with Gasteiger partial charge in [0, 0.05) is 6.04 Å². The molecule has 20 heavy (non-hydrogen) atoms. The lowest BCUT2D eigenvalue weighted by molar-refractivity contribution is 0.219. The van der Waals surface area contributed by atoms with Gasteiger partial charge in [-0.25, -0.2) is 0 Å². The molecule has 1 rings (SSSR count). The normalized spacial score (nSPS) is 14.9. The van der Waals surface area contributed by atoms with E-state index in [2.05, 4.69) is 45.3 Å². The fourth-order valence-electron chi connectivity index (χ4n) is 2.18. The van der Waals surface area contributed by atoms with Crippen LogP contribution in [0.2, 0.25) is 0 Å². The highest BCUT2D eigenvalue weighted by atomic mass is 16.5. The molecule has 0 heterocycles. The van der Waals surface area contributed by atoms with Gasteiger partial charge in [-0.05, 0) is 48.3 Å². The van der Waals surface area contributed by atoms with Crippen molar-refractivity contribution in [3.63, 3.8) is 0 Å². The smallest absolute Gasteiger partial charge is 0.118 e. The Hall–Kier alpha value is -1.06. The van der Waals surface area contributed by atoms with Gasteiger partial charge in [0.1, 0.15) is 5.75 Å². The molecule has 0 aromatic heterocycles. The Morgan fingerprint density at radius 1 is 1.20 bits per heavy atom. The van der Waals surface area contributed by atoms with Crippen molar-refractivity contribution in [2.24, 2.45) is 17.2 Å². The lowest BCUT2D eigenvalue weighted by Crippen LogP contribution is -2.38. The van der Waals surface area contributed by atoms with E-state index in [4.69, 9.17) is 10.6 Å². The van der Waals surface area contributed by atoms with E-state index in [-0.39, 0.29) is 0 Å². The van der Waals surface area contributed by atoms with Crippen molar-refractivity contribution in [2.75, 3.05) is 7.11 Å². The van der Waals surface area contributed by atoms with E-state index in [1.807, 2.05) is 12.1 Å². The van der Waals surface area contributed by atoms with Gasteiger partial charge in [-0.2, -0.15) is 0 Å². The topological polar surface area (TPSA) is 47.3 Å². The summed E-state index contributed by atoms with van der Waals surface area (Å²) in [6, 6.07) is 8.64. The number of hydrogen-bond acceptors (Lipinski definition) is 3. The molecule has 0 aliphatic carbocycles. The first-order valence-electron chi connectivity index (χ1n) is 7.46. The molecule has 1 aromatic rings. The molecule has 0 fully saturated rings. The summed E-state index contributed by atoms with van der Waals surface area (Å²) in [5.74, 6) is 7.25. The summed E-state index contributed by atoms with van der Waals surface area (Å²) in [5, 5.41) is 0. The average Bonchev–Trinajstić information content (AvgIpc) is 2.42. The minimum Gasteiger partial charge on any atom is -0.497 e. The van der Waals surface area contributed by atoms with Crippen molar-refractivity contribution in [1.29, 1.82) is 0 Å². The lowest BCUT2D eigenvalue weighted by atomic mass is 9.78. The third kappa shape index (κ3) is 5.51. The number of rotatable bonds is 7. The predicted molar refractivity (Wildman–Crippen MR) is 85.7 cm³/mol. The molecule has 2 unspecified atom stereocenters. The van der Waals surface area contributed by atoms with Gasteiger partial charge in [0.2, 0.25) is 0 Å². The van der Waals surface area contributed by atoms with Gasteiger partial charge in [-0.1, -0.05) is 39.8 Å². The Balaban J connectivity index is 2.48. The molecule has 0 bridgehead atoms. The van der Waals surface area contributed by atoms with Gasteiger partial charge in [-0.15, -0.1) is 0 Å². The van der Waals surface area contributed by atoms with Crippen LogP contribution >= 0.6 is 0 Å². The molecule has 114 valence electrons. The number of hydrazine groups is 1. The Bertz CT molecular complexity index is 381. The SMILES string of the molecule is COc1ccc(CCC(CC(C)C(C)(C)C)NN)cc1. The Labute approximate surface area is 123 Å². The van der Waals surface area contributed by atoms with Gasteiger partial charge in [-0.3, -0.25) is 11.3 Å². The Kier molecular flexibility index (Phi) is 6.50. The van der Waals surface area contributed by atoms with E-state index in [0.717, 1.165) is 25.0 Å². The van der Waals surface area contributed by atoms with Gasteiger partial charge < -0.3 is 4.74 Å². The van der Waals surface area contributed by atoms with Gasteiger partial charge in [0.25, 0.3) is 0 Å². The first-order valence-corrected chi connectivity index (χ1v) is 7.46. The molecule has 3 N–H and O–H groups in total. The molecule has 3 nitrogen and oxygen atoms in total. The number of nitrogens with one attached hydrogen (secondary N) is 1. The van der Waals surface area contributed by atoms with Crippen LogP contribution in [0.15, 0.2) is 24.3 Å². The maximum atomic E-state index is 5.70. The van der Waals surface area contributed by atoms with Crippen LogP contribution in [-0.4, -0.2) is 13.2 Å². The quantitative estimate of drug-likeness (QED) is 0.592. The molecule has 0 aliphatic rings. The van der Waals surface area contributed by atoms with Crippen LogP contribution in [0.5, 0.6) is 5.75 Å². The summed E-state index contributed by atoms with van der Waals surface area (Å²) >= 11 is 0. The standard InChI is InChI=1S/C17H30N2O/c1-13(17(2,3)4)12-15(19-18)9-6-14-7-10-16(20-5)11-8-14/h7-8,10-11,13,15,19H,6,9,12,18H2,1-5H3. The molecule has 0 radical (unpaired) electrons. The zero-order valence-corrected chi connectivity index (χ0v) is 13.6. The maximum absolute atomic E-state index is 5.70. The van der Waals surface area contributed by atoms with E-state index >= 15 is 0 Å². The summed E-state index contributed by atoms with van der Waals surface area (Å²) in [4.78, 5) is 0. The zero-order chi connectivity index (χ0) is 15.2. The third-order valence-corrected chi connectivity index (χ3v) is 4.29. The number of aryl methyl sites for hydroxylation is 1. The monoisotopic (exact) mass is 278 g/mol. The first-order chi connectivity index (χ1) is 9.36. The van der Waals surface area contributed by atoms with Crippen LogP contribution in [0.3, 0.4) is 0 Å². The maximum Gasteiger partial charge on any atom is 0.118 e. The fraction of sp³-hybridized carbons (Fsp3) is 0.647. The molecule has 0 saturated heterocycles. The number of ether oxygens (including phenoxy) is 1. The summed E-state index contributed by atoms with van der Waals surface area (Å²) in [6.45, 7) is 9.16. The molecule has 1 aromatic carbocycles. The van der Waals surface area contributed by atoms with E-state index in [1.165, 1.54) is 5.56 Å². The number of methoxy groups -OCH3 is 1. The highest BCUT2D eigenvalue weighted by molar-refractivity contribution is 5.27.